The second-order valence-electron chi connectivity index (χ2n) is 13.0. The summed E-state index contributed by atoms with van der Waals surface area (Å²) in [5.74, 6) is 0.838. The first-order chi connectivity index (χ1) is 24.5. The summed E-state index contributed by atoms with van der Waals surface area (Å²) in [6.45, 7) is 4.69. The third kappa shape index (κ3) is 7.65. The summed E-state index contributed by atoms with van der Waals surface area (Å²) in [6, 6.07) is 47.6. The number of rotatable bonds is 5. The fourth-order valence-corrected chi connectivity index (χ4v) is 5.91. The van der Waals surface area contributed by atoms with Gasteiger partial charge < -0.3 is 14.0 Å². The standard InChI is InChI=1S/C32H27N2O.C12H10N.Ir/c1-32(2,3)20-22-13-18-30-26(19-22)27(21-35-30)31-33-28-11-7-8-12-29(28)34(31)25-16-14-24(15-17-25)23-9-5-4-6-10-23;1-10-7-8-12(13-9-10)11-5-3-2-4-6-11;/h4-19H,20H2,1-3H3;2-5,7-9H,1H3;/q2*-1;/i;1D3;. The molecule has 3 heterocycles. The Balaban J connectivity index is 0.000000230. The Morgan fingerprint density at radius 3 is 2.27 bits per heavy atom. The molecule has 0 aliphatic heterocycles. The number of aromatic nitrogens is 3. The van der Waals surface area contributed by atoms with Gasteiger partial charge in [-0.3, -0.25) is 4.98 Å². The molecule has 0 saturated heterocycles. The molecule has 4 nitrogen and oxygen atoms in total. The van der Waals surface area contributed by atoms with Crippen LogP contribution in [0.25, 0.3) is 61.5 Å². The molecule has 0 aliphatic carbocycles. The van der Waals surface area contributed by atoms with Crippen LogP contribution in [0.15, 0.2) is 144 Å². The average Bonchev–Trinajstić information content (AvgIpc) is 3.73. The van der Waals surface area contributed by atoms with Crippen LogP contribution in [0.3, 0.4) is 0 Å². The molecule has 0 N–H and O–H groups in total. The predicted molar refractivity (Wildman–Crippen MR) is 197 cm³/mol. The monoisotopic (exact) mass is 819 g/mol. The van der Waals surface area contributed by atoms with Crippen molar-refractivity contribution in [1.29, 1.82) is 0 Å². The third-order valence-corrected chi connectivity index (χ3v) is 8.08. The number of nitrogens with zero attached hydrogens (tertiary/aromatic N) is 3. The molecule has 245 valence electrons. The number of benzene rings is 5. The summed E-state index contributed by atoms with van der Waals surface area (Å²) in [6.07, 6.45) is 5.55. The first-order valence-electron chi connectivity index (χ1n) is 17.5. The van der Waals surface area contributed by atoms with E-state index in [-0.39, 0.29) is 31.1 Å². The van der Waals surface area contributed by atoms with Crippen LogP contribution in [-0.4, -0.2) is 14.5 Å². The van der Waals surface area contributed by atoms with Crippen molar-refractivity contribution in [3.63, 3.8) is 0 Å². The van der Waals surface area contributed by atoms with Crippen molar-refractivity contribution in [2.24, 2.45) is 5.41 Å². The molecule has 0 aliphatic rings. The molecular formula is C44H37IrN3O-2. The molecular weight excluding hydrogens is 779 g/mol. The summed E-state index contributed by atoms with van der Waals surface area (Å²) in [5, 5.41) is 1.05. The molecule has 5 heteroatoms. The topological polar surface area (TPSA) is 43.9 Å². The molecule has 0 spiro atoms. The largest absolute Gasteiger partial charge is 0.557 e. The zero-order valence-corrected chi connectivity index (χ0v) is 30.0. The van der Waals surface area contributed by atoms with Crippen molar-refractivity contribution in [1.82, 2.24) is 14.5 Å². The van der Waals surface area contributed by atoms with Crippen LogP contribution in [0.1, 0.15) is 36.0 Å². The summed E-state index contributed by atoms with van der Waals surface area (Å²) >= 11 is 0. The van der Waals surface area contributed by atoms with E-state index in [1.807, 2.05) is 30.3 Å². The third-order valence-electron chi connectivity index (χ3n) is 8.08. The molecule has 0 bridgehead atoms. The number of hydrogen-bond acceptors (Lipinski definition) is 3. The van der Waals surface area contributed by atoms with Crippen LogP contribution >= 0.6 is 0 Å². The first-order valence-corrected chi connectivity index (χ1v) is 16.0. The number of hydrogen-bond donors (Lipinski definition) is 0. The van der Waals surface area contributed by atoms with E-state index in [0.717, 1.165) is 56.8 Å². The van der Waals surface area contributed by atoms with E-state index < -0.39 is 6.85 Å². The first kappa shape index (κ1) is 30.0. The maximum absolute atomic E-state index is 7.23. The van der Waals surface area contributed by atoms with Crippen molar-refractivity contribution >= 4 is 22.0 Å². The number of imidazole rings is 1. The average molecular weight is 819 g/mol. The van der Waals surface area contributed by atoms with Crippen molar-refractivity contribution in [2.45, 2.75) is 34.0 Å². The van der Waals surface area contributed by atoms with Gasteiger partial charge in [-0.25, -0.2) is 0 Å². The summed E-state index contributed by atoms with van der Waals surface area (Å²) in [5.41, 5.74) is 10.5. The van der Waals surface area contributed by atoms with E-state index in [2.05, 4.69) is 128 Å². The predicted octanol–water partition coefficient (Wildman–Crippen LogP) is 11.3. The molecule has 1 radical (unpaired) electrons. The van der Waals surface area contributed by atoms with Crippen molar-refractivity contribution in [3.05, 3.63) is 163 Å². The fraction of sp³-hybridized carbons (Fsp3) is 0.136. The van der Waals surface area contributed by atoms with Gasteiger partial charge in [-0.1, -0.05) is 122 Å². The number of pyridine rings is 1. The molecule has 5 aromatic carbocycles. The van der Waals surface area contributed by atoms with Crippen LogP contribution in [0, 0.1) is 24.6 Å². The number of furan rings is 1. The van der Waals surface area contributed by atoms with Gasteiger partial charge >= 0.3 is 0 Å². The molecule has 0 amide bonds. The molecule has 0 saturated carbocycles. The smallest absolute Gasteiger partial charge is 0.0774 e. The van der Waals surface area contributed by atoms with Gasteiger partial charge in [0.25, 0.3) is 0 Å². The van der Waals surface area contributed by atoms with E-state index in [1.54, 1.807) is 18.2 Å². The Bertz CT molecular complexity index is 2390. The van der Waals surface area contributed by atoms with E-state index in [9.17, 15) is 0 Å². The van der Waals surface area contributed by atoms with Crippen molar-refractivity contribution in [2.75, 3.05) is 0 Å². The van der Waals surface area contributed by atoms with E-state index in [1.165, 1.54) is 22.9 Å². The van der Waals surface area contributed by atoms with Gasteiger partial charge in [0.15, 0.2) is 0 Å². The SMILES string of the molecule is CC(C)(C)Cc1ccc2o[c-]c(-c3nc4ccccc4n3-c3ccc(-c4ccccc4)cc3)c2c1.[2H]C([2H])([2H])c1ccc(-c2[c-]cccc2)nc1.[Ir]. The summed E-state index contributed by atoms with van der Waals surface area (Å²) in [4.78, 5) is 9.16. The Morgan fingerprint density at radius 2 is 1.55 bits per heavy atom. The number of aryl methyl sites for hydroxylation is 1. The fourth-order valence-electron chi connectivity index (χ4n) is 5.91. The maximum Gasteiger partial charge on any atom is 0.0774 e. The quantitative estimate of drug-likeness (QED) is 0.163. The summed E-state index contributed by atoms with van der Waals surface area (Å²) < 4.78 is 29.8. The zero-order valence-electron chi connectivity index (χ0n) is 30.6. The van der Waals surface area contributed by atoms with Crippen LogP contribution in [0.5, 0.6) is 0 Å². The normalized spacial score (nSPS) is 12.3. The van der Waals surface area contributed by atoms with Crippen molar-refractivity contribution < 1.29 is 28.6 Å². The molecule has 0 unspecified atom stereocenters. The Hall–Kier alpha value is -5.09. The van der Waals surface area contributed by atoms with Crippen LogP contribution in [-0.2, 0) is 26.5 Å². The Kier molecular flexibility index (Phi) is 8.92. The number of para-hydroxylation sites is 2. The minimum absolute atomic E-state index is 0. The molecule has 8 rings (SSSR count). The van der Waals surface area contributed by atoms with Gasteiger partial charge in [0.05, 0.1) is 16.9 Å². The molecule has 0 fully saturated rings. The second-order valence-corrected chi connectivity index (χ2v) is 13.0. The molecule has 0 atom stereocenters. The van der Waals surface area contributed by atoms with Gasteiger partial charge in [0.2, 0.25) is 0 Å². The van der Waals surface area contributed by atoms with E-state index in [4.69, 9.17) is 13.5 Å². The minimum atomic E-state index is -2.09. The maximum atomic E-state index is 7.23. The van der Waals surface area contributed by atoms with Gasteiger partial charge in [-0.2, -0.15) is 0 Å². The van der Waals surface area contributed by atoms with Gasteiger partial charge in [0.1, 0.15) is 0 Å². The number of fused-ring (bicyclic) bond motifs is 2. The Morgan fingerprint density at radius 1 is 0.796 bits per heavy atom. The van der Waals surface area contributed by atoms with Crippen molar-refractivity contribution in [3.8, 4) is 39.5 Å². The molecule has 3 aromatic heterocycles. The Labute approximate surface area is 306 Å². The van der Waals surface area contributed by atoms with Gasteiger partial charge in [0, 0.05) is 47.9 Å². The second kappa shape index (κ2) is 14.6. The van der Waals surface area contributed by atoms with Gasteiger partial charge in [-0.15, -0.1) is 35.9 Å². The zero-order chi connectivity index (χ0) is 35.6. The molecule has 8 aromatic rings. The molecule has 49 heavy (non-hydrogen) atoms. The van der Waals surface area contributed by atoms with E-state index in [0.29, 0.717) is 0 Å². The van der Waals surface area contributed by atoms with Crippen LogP contribution < -0.4 is 0 Å². The van der Waals surface area contributed by atoms with Gasteiger partial charge in [-0.05, 0) is 65.3 Å². The van der Waals surface area contributed by atoms with Crippen LogP contribution in [0.2, 0.25) is 0 Å². The minimum Gasteiger partial charge on any atom is -0.557 e. The van der Waals surface area contributed by atoms with E-state index >= 15 is 0 Å². The van der Waals surface area contributed by atoms with Crippen LogP contribution in [0.4, 0.5) is 0 Å². The summed E-state index contributed by atoms with van der Waals surface area (Å²) in [7, 11) is 0.